The third-order valence-corrected chi connectivity index (χ3v) is 2.94. The smallest absolute Gasteiger partial charge is 0.143 e. The van der Waals surface area contributed by atoms with Crippen molar-refractivity contribution in [3.05, 3.63) is 52.5 Å². The fourth-order valence-electron chi connectivity index (χ4n) is 1.47. The normalized spacial score (nSPS) is 10.1. The maximum atomic E-state index is 13.0. The van der Waals surface area contributed by atoms with Gasteiger partial charge in [0.15, 0.2) is 0 Å². The quantitative estimate of drug-likeness (QED) is 0.849. The molecule has 0 radical (unpaired) electrons. The Kier molecular flexibility index (Phi) is 3.88. The third kappa shape index (κ3) is 3.02. The van der Waals surface area contributed by atoms with Gasteiger partial charge in [0.2, 0.25) is 0 Å². The van der Waals surface area contributed by atoms with Crippen molar-refractivity contribution in [2.75, 3.05) is 5.32 Å². The first-order valence-electron chi connectivity index (χ1n) is 5.03. The molecule has 2 aromatic rings. The van der Waals surface area contributed by atoms with Crippen LogP contribution in [0.25, 0.3) is 0 Å². The minimum Gasteiger partial charge on any atom is -0.389 e. The van der Waals surface area contributed by atoms with E-state index in [1.165, 1.54) is 12.3 Å². The first-order valence-corrected chi connectivity index (χ1v) is 6.23. The predicted molar refractivity (Wildman–Crippen MR) is 77.5 cm³/mol. The Morgan fingerprint density at radius 3 is 2.78 bits per heavy atom. The van der Waals surface area contributed by atoms with E-state index >= 15 is 0 Å². The zero-order valence-electron chi connectivity index (χ0n) is 9.15. The Labute approximate surface area is 117 Å². The Balaban J connectivity index is 2.39. The second-order valence-corrected chi connectivity index (χ2v) is 4.93. The summed E-state index contributed by atoms with van der Waals surface area (Å²) in [4.78, 5) is 4.04. The lowest BCUT2D eigenvalue weighted by molar-refractivity contribution is 0.622. The average Bonchev–Trinajstić information content (AvgIpc) is 2.28. The Bertz CT molecular complexity index is 604. The lowest BCUT2D eigenvalue weighted by Gasteiger charge is -2.11. The van der Waals surface area contributed by atoms with Crippen LogP contribution in [0.1, 0.15) is 5.56 Å². The van der Waals surface area contributed by atoms with Crippen molar-refractivity contribution in [3.63, 3.8) is 0 Å². The molecule has 3 nitrogen and oxygen atoms in total. The molecule has 0 saturated heterocycles. The number of hydrogen-bond acceptors (Lipinski definition) is 3. The minimum atomic E-state index is -0.410. The van der Waals surface area contributed by atoms with Gasteiger partial charge in [-0.2, -0.15) is 0 Å². The van der Waals surface area contributed by atoms with E-state index in [1.807, 2.05) is 12.1 Å². The first-order chi connectivity index (χ1) is 8.56. The van der Waals surface area contributed by atoms with Gasteiger partial charge in [0.25, 0.3) is 0 Å². The molecule has 92 valence electrons. The Morgan fingerprint density at radius 1 is 1.33 bits per heavy atom. The molecular weight excluding hydrogens is 317 g/mol. The van der Waals surface area contributed by atoms with Gasteiger partial charge < -0.3 is 11.1 Å². The van der Waals surface area contributed by atoms with Crippen molar-refractivity contribution < 1.29 is 4.39 Å². The first kappa shape index (κ1) is 12.9. The van der Waals surface area contributed by atoms with Gasteiger partial charge in [-0.1, -0.05) is 28.1 Å². The summed E-state index contributed by atoms with van der Waals surface area (Å²) in [5.41, 5.74) is 7.56. The SMILES string of the molecule is NC(=S)c1ccc(Br)cc1Nc1cncc(F)c1. The number of aromatic nitrogens is 1. The largest absolute Gasteiger partial charge is 0.389 e. The summed E-state index contributed by atoms with van der Waals surface area (Å²) in [6.45, 7) is 0. The van der Waals surface area contributed by atoms with E-state index in [4.69, 9.17) is 18.0 Å². The standard InChI is InChI=1S/C12H9BrFN3S/c13-7-1-2-10(12(15)18)11(3-7)17-9-4-8(14)5-16-6-9/h1-6,17H,(H2,15,18). The van der Waals surface area contributed by atoms with Crippen LogP contribution in [0.5, 0.6) is 0 Å². The summed E-state index contributed by atoms with van der Waals surface area (Å²) in [5, 5.41) is 3.04. The second kappa shape index (κ2) is 5.41. The molecule has 6 heteroatoms. The van der Waals surface area contributed by atoms with Crippen LogP contribution in [0, 0.1) is 5.82 Å². The average molecular weight is 326 g/mol. The van der Waals surface area contributed by atoms with Gasteiger partial charge in [-0.05, 0) is 18.2 Å². The van der Waals surface area contributed by atoms with Gasteiger partial charge in [0.05, 0.1) is 18.1 Å². The molecule has 0 atom stereocenters. The third-order valence-electron chi connectivity index (χ3n) is 2.23. The summed E-state index contributed by atoms with van der Waals surface area (Å²) in [6.07, 6.45) is 2.66. The van der Waals surface area contributed by atoms with E-state index in [9.17, 15) is 4.39 Å². The van der Waals surface area contributed by atoms with Crippen molar-refractivity contribution in [2.45, 2.75) is 0 Å². The summed E-state index contributed by atoms with van der Waals surface area (Å²) in [5.74, 6) is -0.410. The van der Waals surface area contributed by atoms with E-state index < -0.39 is 5.82 Å². The maximum Gasteiger partial charge on any atom is 0.143 e. The molecule has 18 heavy (non-hydrogen) atoms. The number of benzene rings is 1. The van der Waals surface area contributed by atoms with Crippen molar-refractivity contribution >= 4 is 44.5 Å². The van der Waals surface area contributed by atoms with E-state index in [1.54, 1.807) is 6.07 Å². The van der Waals surface area contributed by atoms with E-state index in [0.29, 0.717) is 16.9 Å². The number of anilines is 2. The van der Waals surface area contributed by atoms with Crippen LogP contribution in [0.4, 0.5) is 15.8 Å². The lowest BCUT2D eigenvalue weighted by atomic mass is 10.1. The highest BCUT2D eigenvalue weighted by atomic mass is 79.9. The molecule has 0 saturated carbocycles. The lowest BCUT2D eigenvalue weighted by Crippen LogP contribution is -2.12. The number of thiocarbonyl (C=S) groups is 1. The predicted octanol–water partition coefficient (Wildman–Crippen LogP) is 3.36. The van der Waals surface area contributed by atoms with Gasteiger partial charge in [0.1, 0.15) is 10.8 Å². The van der Waals surface area contributed by atoms with E-state index in [-0.39, 0.29) is 4.99 Å². The fourth-order valence-corrected chi connectivity index (χ4v) is 2.01. The van der Waals surface area contributed by atoms with Crippen molar-refractivity contribution in [1.29, 1.82) is 0 Å². The number of nitrogens with zero attached hydrogens (tertiary/aromatic N) is 1. The summed E-state index contributed by atoms with van der Waals surface area (Å²) < 4.78 is 13.9. The molecule has 1 heterocycles. The van der Waals surface area contributed by atoms with Gasteiger partial charge in [-0.3, -0.25) is 4.98 Å². The molecule has 0 amide bonds. The Morgan fingerprint density at radius 2 is 2.11 bits per heavy atom. The molecule has 0 fully saturated rings. The van der Waals surface area contributed by atoms with Crippen LogP contribution in [0.15, 0.2) is 41.1 Å². The molecule has 0 aliphatic rings. The number of rotatable bonds is 3. The highest BCUT2D eigenvalue weighted by molar-refractivity contribution is 9.10. The molecule has 0 aliphatic heterocycles. The van der Waals surface area contributed by atoms with Crippen molar-refractivity contribution in [3.8, 4) is 0 Å². The number of nitrogens with two attached hydrogens (primary N) is 1. The molecule has 0 bridgehead atoms. The zero-order chi connectivity index (χ0) is 13.1. The van der Waals surface area contributed by atoms with Gasteiger partial charge >= 0.3 is 0 Å². The van der Waals surface area contributed by atoms with E-state index in [2.05, 4.69) is 26.2 Å². The minimum absolute atomic E-state index is 0.273. The highest BCUT2D eigenvalue weighted by Crippen LogP contribution is 2.25. The second-order valence-electron chi connectivity index (χ2n) is 3.57. The van der Waals surface area contributed by atoms with Gasteiger partial charge in [0, 0.05) is 21.8 Å². The molecular formula is C12H9BrFN3S. The molecule has 1 aromatic heterocycles. The monoisotopic (exact) mass is 325 g/mol. The molecule has 1 aromatic carbocycles. The number of nitrogens with one attached hydrogen (secondary N) is 1. The van der Waals surface area contributed by atoms with Crippen LogP contribution in [-0.2, 0) is 0 Å². The topological polar surface area (TPSA) is 50.9 Å². The molecule has 0 spiro atoms. The van der Waals surface area contributed by atoms with Crippen molar-refractivity contribution in [1.82, 2.24) is 4.98 Å². The van der Waals surface area contributed by atoms with Crippen LogP contribution in [0.3, 0.4) is 0 Å². The van der Waals surface area contributed by atoms with Crippen LogP contribution < -0.4 is 11.1 Å². The summed E-state index contributed by atoms with van der Waals surface area (Å²) in [6, 6.07) is 6.79. The number of pyridine rings is 1. The molecule has 2 rings (SSSR count). The van der Waals surface area contributed by atoms with Gasteiger partial charge in [-0.25, -0.2) is 4.39 Å². The van der Waals surface area contributed by atoms with Crippen LogP contribution in [-0.4, -0.2) is 9.97 Å². The highest BCUT2D eigenvalue weighted by Gasteiger charge is 2.07. The van der Waals surface area contributed by atoms with Crippen LogP contribution in [0.2, 0.25) is 0 Å². The summed E-state index contributed by atoms with van der Waals surface area (Å²) >= 11 is 8.33. The van der Waals surface area contributed by atoms with Gasteiger partial charge in [-0.15, -0.1) is 0 Å². The van der Waals surface area contributed by atoms with E-state index in [0.717, 1.165) is 10.7 Å². The number of hydrogen-bond donors (Lipinski definition) is 2. The molecule has 3 N–H and O–H groups in total. The Hall–Kier alpha value is -1.53. The zero-order valence-corrected chi connectivity index (χ0v) is 11.6. The van der Waals surface area contributed by atoms with Crippen molar-refractivity contribution in [2.24, 2.45) is 5.73 Å². The molecule has 0 aliphatic carbocycles. The summed E-state index contributed by atoms with van der Waals surface area (Å²) in [7, 11) is 0. The molecule has 0 unspecified atom stereocenters. The maximum absolute atomic E-state index is 13.0. The number of halogens is 2. The van der Waals surface area contributed by atoms with Crippen LogP contribution >= 0.6 is 28.1 Å². The fraction of sp³-hybridized carbons (Fsp3) is 0.